The number of ether oxygens (including phenoxy) is 1. The standard InChI is InChI=1S/C26H21BrN2O7S2/c1-16(30)28-19-10-12-20(13-11-19)38(33,34)36-24-17(7-5-9-22(24)35-2)14-23-25(31)29(26(32)37-23)15-18-6-3-4-8-21(18)27/h3-14H,15H2,1-2H3,(H,28,30)/b23-14-. The van der Waals surface area contributed by atoms with E-state index in [-0.39, 0.29) is 39.3 Å². The molecule has 38 heavy (non-hydrogen) atoms. The van der Waals surface area contributed by atoms with Gasteiger partial charge in [-0.2, -0.15) is 8.42 Å². The Morgan fingerprint density at radius 2 is 1.76 bits per heavy atom. The third-order valence-electron chi connectivity index (χ3n) is 5.33. The number of anilines is 1. The number of nitrogens with zero attached hydrogens (tertiary/aromatic N) is 1. The maximum atomic E-state index is 13.1. The molecule has 3 aromatic carbocycles. The highest BCUT2D eigenvalue weighted by Crippen LogP contribution is 2.39. The predicted molar refractivity (Wildman–Crippen MR) is 147 cm³/mol. The second-order valence-electron chi connectivity index (χ2n) is 7.98. The number of para-hydroxylation sites is 1. The van der Waals surface area contributed by atoms with Crippen LogP contribution in [0, 0.1) is 0 Å². The van der Waals surface area contributed by atoms with Crippen molar-refractivity contribution in [3.05, 3.63) is 87.2 Å². The molecule has 196 valence electrons. The molecule has 0 spiro atoms. The lowest BCUT2D eigenvalue weighted by Crippen LogP contribution is -2.27. The van der Waals surface area contributed by atoms with Crippen molar-refractivity contribution in [3.8, 4) is 11.5 Å². The van der Waals surface area contributed by atoms with Crippen molar-refractivity contribution in [1.29, 1.82) is 0 Å². The molecule has 1 fully saturated rings. The van der Waals surface area contributed by atoms with Crippen molar-refractivity contribution >= 4 is 66.6 Å². The first-order chi connectivity index (χ1) is 18.1. The van der Waals surface area contributed by atoms with Gasteiger partial charge in [-0.25, -0.2) is 0 Å². The number of nitrogens with one attached hydrogen (secondary N) is 1. The van der Waals surface area contributed by atoms with Gasteiger partial charge in [0.1, 0.15) is 4.90 Å². The minimum Gasteiger partial charge on any atom is -0.493 e. The van der Waals surface area contributed by atoms with E-state index in [9.17, 15) is 22.8 Å². The van der Waals surface area contributed by atoms with Crippen LogP contribution in [0.3, 0.4) is 0 Å². The normalized spacial score (nSPS) is 14.6. The molecule has 0 bridgehead atoms. The van der Waals surface area contributed by atoms with Gasteiger partial charge in [0.25, 0.3) is 11.1 Å². The fourth-order valence-electron chi connectivity index (χ4n) is 3.54. The number of halogens is 1. The number of rotatable bonds is 8. The molecule has 0 aromatic heterocycles. The molecule has 1 N–H and O–H groups in total. The summed E-state index contributed by atoms with van der Waals surface area (Å²) in [5.74, 6) is -0.833. The van der Waals surface area contributed by atoms with Gasteiger partial charge in [0, 0.05) is 22.6 Å². The molecular weight excluding hydrogens is 596 g/mol. The second-order valence-corrected chi connectivity index (χ2v) is 11.4. The van der Waals surface area contributed by atoms with Gasteiger partial charge in [0.05, 0.1) is 18.6 Å². The largest absolute Gasteiger partial charge is 0.493 e. The summed E-state index contributed by atoms with van der Waals surface area (Å²) in [6.45, 7) is 1.42. The fourth-order valence-corrected chi connectivity index (χ4v) is 5.74. The molecule has 0 aliphatic carbocycles. The van der Waals surface area contributed by atoms with Crippen LogP contribution in [-0.2, 0) is 26.3 Å². The van der Waals surface area contributed by atoms with Crippen LogP contribution in [0.4, 0.5) is 10.5 Å². The molecule has 1 aliphatic heterocycles. The van der Waals surface area contributed by atoms with Gasteiger partial charge in [-0.15, -0.1) is 0 Å². The first-order valence-electron chi connectivity index (χ1n) is 11.1. The molecule has 9 nitrogen and oxygen atoms in total. The highest BCUT2D eigenvalue weighted by atomic mass is 79.9. The Kier molecular flexibility index (Phi) is 8.24. The Morgan fingerprint density at radius 3 is 2.42 bits per heavy atom. The minimum atomic E-state index is -4.32. The van der Waals surface area contributed by atoms with Gasteiger partial charge in [-0.05, 0) is 59.8 Å². The van der Waals surface area contributed by atoms with Gasteiger partial charge >= 0.3 is 10.1 Å². The van der Waals surface area contributed by atoms with E-state index in [2.05, 4.69) is 21.2 Å². The molecule has 1 saturated heterocycles. The SMILES string of the molecule is COc1cccc(/C=C2\SC(=O)N(Cc3ccccc3Br)C2=O)c1OS(=O)(=O)c1ccc(NC(C)=O)cc1. The molecule has 0 atom stereocenters. The Labute approximate surface area is 232 Å². The van der Waals surface area contributed by atoms with Crippen molar-refractivity contribution in [2.24, 2.45) is 0 Å². The summed E-state index contributed by atoms with van der Waals surface area (Å²) in [6, 6.07) is 17.4. The van der Waals surface area contributed by atoms with E-state index < -0.39 is 21.3 Å². The molecule has 0 saturated carbocycles. The smallest absolute Gasteiger partial charge is 0.339 e. The zero-order valence-electron chi connectivity index (χ0n) is 20.1. The van der Waals surface area contributed by atoms with E-state index in [1.54, 1.807) is 18.2 Å². The molecule has 1 heterocycles. The predicted octanol–water partition coefficient (Wildman–Crippen LogP) is 5.42. The van der Waals surface area contributed by atoms with E-state index in [1.165, 1.54) is 50.4 Å². The molecule has 3 amide bonds. The monoisotopic (exact) mass is 616 g/mol. The molecule has 0 radical (unpaired) electrons. The summed E-state index contributed by atoms with van der Waals surface area (Å²) in [5, 5.41) is 2.11. The van der Waals surface area contributed by atoms with Gasteiger partial charge in [0.15, 0.2) is 11.5 Å². The Morgan fingerprint density at radius 1 is 1.05 bits per heavy atom. The maximum absolute atomic E-state index is 13.1. The number of thioether (sulfide) groups is 1. The Balaban J connectivity index is 1.64. The Hall–Kier alpha value is -3.61. The lowest BCUT2D eigenvalue weighted by Gasteiger charge is -2.14. The van der Waals surface area contributed by atoms with E-state index in [0.29, 0.717) is 5.69 Å². The van der Waals surface area contributed by atoms with Gasteiger partial charge in [-0.3, -0.25) is 19.3 Å². The third-order valence-corrected chi connectivity index (χ3v) is 8.25. The number of methoxy groups -OCH3 is 1. The van der Waals surface area contributed by atoms with Crippen LogP contribution in [0.15, 0.2) is 81.0 Å². The number of amides is 3. The molecule has 12 heteroatoms. The first kappa shape index (κ1) is 27.4. The van der Waals surface area contributed by atoms with E-state index in [1.807, 2.05) is 18.2 Å². The summed E-state index contributed by atoms with van der Waals surface area (Å²) in [6.07, 6.45) is 1.40. The molecular formula is C26H21BrN2O7S2. The summed E-state index contributed by atoms with van der Waals surface area (Å²) < 4.78 is 37.7. The van der Waals surface area contributed by atoms with Gasteiger partial charge < -0.3 is 14.2 Å². The van der Waals surface area contributed by atoms with E-state index in [4.69, 9.17) is 8.92 Å². The molecule has 4 rings (SSSR count). The Bertz CT molecular complexity index is 1550. The summed E-state index contributed by atoms with van der Waals surface area (Å²) in [7, 11) is -2.97. The van der Waals surface area contributed by atoms with Crippen LogP contribution < -0.4 is 14.2 Å². The molecule has 0 unspecified atom stereocenters. The van der Waals surface area contributed by atoms with Crippen LogP contribution in [0.5, 0.6) is 11.5 Å². The zero-order valence-corrected chi connectivity index (χ0v) is 23.4. The summed E-state index contributed by atoms with van der Waals surface area (Å²) in [4.78, 5) is 38.0. The van der Waals surface area contributed by atoms with Gasteiger partial charge in [-0.1, -0.05) is 46.3 Å². The van der Waals surface area contributed by atoms with Crippen LogP contribution in [0.1, 0.15) is 18.1 Å². The second kappa shape index (κ2) is 11.4. The lowest BCUT2D eigenvalue weighted by atomic mass is 10.1. The van der Waals surface area contributed by atoms with Crippen molar-refractivity contribution in [2.75, 3.05) is 12.4 Å². The number of imide groups is 1. The summed E-state index contributed by atoms with van der Waals surface area (Å²) >= 11 is 4.17. The van der Waals surface area contributed by atoms with E-state index in [0.717, 1.165) is 26.7 Å². The first-order valence-corrected chi connectivity index (χ1v) is 14.1. The van der Waals surface area contributed by atoms with Crippen LogP contribution in [0.2, 0.25) is 0 Å². The molecule has 1 aliphatic rings. The number of carbonyl (C=O) groups is 3. The minimum absolute atomic E-state index is 0.0771. The number of carbonyl (C=O) groups excluding carboxylic acids is 3. The molecule has 3 aromatic rings. The topological polar surface area (TPSA) is 119 Å². The average Bonchev–Trinajstić information content (AvgIpc) is 3.13. The van der Waals surface area contributed by atoms with Crippen molar-refractivity contribution < 1.29 is 31.7 Å². The van der Waals surface area contributed by atoms with Crippen LogP contribution in [-0.4, -0.2) is 37.5 Å². The number of hydrogen-bond donors (Lipinski definition) is 1. The van der Waals surface area contributed by atoms with Crippen molar-refractivity contribution in [1.82, 2.24) is 4.90 Å². The fraction of sp³-hybridized carbons (Fsp3) is 0.115. The maximum Gasteiger partial charge on any atom is 0.339 e. The summed E-state index contributed by atoms with van der Waals surface area (Å²) in [5.41, 5.74) is 1.42. The quantitative estimate of drug-likeness (QED) is 0.263. The lowest BCUT2D eigenvalue weighted by molar-refractivity contribution is -0.123. The van der Waals surface area contributed by atoms with Gasteiger partial charge in [0.2, 0.25) is 5.91 Å². The highest BCUT2D eigenvalue weighted by molar-refractivity contribution is 9.10. The van der Waals surface area contributed by atoms with E-state index >= 15 is 0 Å². The number of benzene rings is 3. The van der Waals surface area contributed by atoms with Crippen molar-refractivity contribution in [3.63, 3.8) is 0 Å². The van der Waals surface area contributed by atoms with Crippen LogP contribution >= 0.6 is 27.7 Å². The van der Waals surface area contributed by atoms with Crippen molar-refractivity contribution in [2.45, 2.75) is 18.4 Å². The third kappa shape index (κ3) is 6.09. The number of hydrogen-bond acceptors (Lipinski definition) is 8. The zero-order chi connectivity index (χ0) is 27.4. The highest BCUT2D eigenvalue weighted by Gasteiger charge is 2.36. The van der Waals surface area contributed by atoms with Crippen LogP contribution in [0.25, 0.3) is 6.08 Å². The average molecular weight is 617 g/mol.